The van der Waals surface area contributed by atoms with Crippen molar-refractivity contribution in [3.8, 4) is 5.75 Å². The number of thiophene rings is 1. The van der Waals surface area contributed by atoms with E-state index in [1.54, 1.807) is 0 Å². The number of halogens is 1. The zero-order valence-electron chi connectivity index (χ0n) is 27.3. The van der Waals surface area contributed by atoms with Crippen LogP contribution in [-0.4, -0.2) is 51.3 Å². The van der Waals surface area contributed by atoms with Gasteiger partial charge in [-0.3, -0.25) is 0 Å². The third-order valence-electron chi connectivity index (χ3n) is 8.17. The molecule has 4 atom stereocenters. The summed E-state index contributed by atoms with van der Waals surface area (Å²) in [7, 11) is 0. The fourth-order valence-electron chi connectivity index (χ4n) is 5.59. The highest BCUT2D eigenvalue weighted by molar-refractivity contribution is 7.19. The van der Waals surface area contributed by atoms with Gasteiger partial charge in [-0.25, -0.2) is 0 Å². The Morgan fingerprint density at radius 2 is 1.55 bits per heavy atom. The highest BCUT2D eigenvalue weighted by Gasteiger charge is 2.42. The van der Waals surface area contributed by atoms with Crippen molar-refractivity contribution in [2.24, 2.45) is 0 Å². The molecule has 0 amide bonds. The molecular formula is C37H53ClO5S. The average molecular weight is 645 g/mol. The standard InChI is InChI=1S/C37H53ClO5S/c1-5-9-17-39-26-29-24-34(41-19-11-7-3)37(42-20-12-8-4)36(43-29)31-23-28(32(38)25-33(31)40-18-10-6-2)22-30-21-27-15-13-14-16-35(27)44-30/h13-16,21,23,25,29,34,36-37H,5-12,17-20,22,24,26H2,1-4H3/t29-,34-,36?,37+/m0/s1. The largest absolute Gasteiger partial charge is 0.493 e. The summed E-state index contributed by atoms with van der Waals surface area (Å²) >= 11 is 8.81. The van der Waals surface area contributed by atoms with E-state index in [4.69, 9.17) is 35.3 Å². The van der Waals surface area contributed by atoms with E-state index in [-0.39, 0.29) is 24.4 Å². The zero-order chi connectivity index (χ0) is 31.1. The maximum Gasteiger partial charge on any atom is 0.126 e. The average Bonchev–Trinajstić information content (AvgIpc) is 3.44. The van der Waals surface area contributed by atoms with E-state index >= 15 is 0 Å². The highest BCUT2D eigenvalue weighted by Crippen LogP contribution is 2.42. The van der Waals surface area contributed by atoms with Crippen LogP contribution in [0.5, 0.6) is 5.75 Å². The number of ether oxygens (including phenoxy) is 5. The summed E-state index contributed by atoms with van der Waals surface area (Å²) in [5.74, 6) is 0.775. The predicted molar refractivity (Wildman–Crippen MR) is 184 cm³/mol. The van der Waals surface area contributed by atoms with Crippen molar-refractivity contribution in [1.29, 1.82) is 0 Å². The number of rotatable bonds is 20. The third-order valence-corrected chi connectivity index (χ3v) is 9.63. The Bertz CT molecular complexity index is 1210. The van der Waals surface area contributed by atoms with Crippen molar-refractivity contribution in [3.05, 3.63) is 63.5 Å². The Balaban J connectivity index is 1.71. The van der Waals surface area contributed by atoms with Gasteiger partial charge in [0.1, 0.15) is 18.0 Å². The Kier molecular flexibility index (Phi) is 15.3. The van der Waals surface area contributed by atoms with E-state index in [9.17, 15) is 0 Å². The maximum atomic E-state index is 6.99. The number of hydrogen-bond acceptors (Lipinski definition) is 6. The van der Waals surface area contributed by atoms with Crippen LogP contribution in [0.2, 0.25) is 5.02 Å². The summed E-state index contributed by atoms with van der Waals surface area (Å²) in [6, 6.07) is 15.0. The molecule has 0 N–H and O–H groups in total. The Morgan fingerprint density at radius 1 is 0.841 bits per heavy atom. The van der Waals surface area contributed by atoms with E-state index in [1.165, 1.54) is 15.0 Å². The molecule has 0 aliphatic carbocycles. The van der Waals surface area contributed by atoms with E-state index in [0.29, 0.717) is 31.5 Å². The number of unbranched alkanes of at least 4 members (excludes halogenated alkanes) is 4. The minimum Gasteiger partial charge on any atom is -0.493 e. The van der Waals surface area contributed by atoms with Gasteiger partial charge in [-0.2, -0.15) is 0 Å². The van der Waals surface area contributed by atoms with Crippen LogP contribution < -0.4 is 4.74 Å². The van der Waals surface area contributed by atoms with Crippen LogP contribution in [0.25, 0.3) is 10.1 Å². The first kappa shape index (κ1) is 35.2. The Morgan fingerprint density at radius 3 is 2.30 bits per heavy atom. The number of hydrogen-bond donors (Lipinski definition) is 0. The molecule has 0 radical (unpaired) electrons. The van der Waals surface area contributed by atoms with Crippen LogP contribution in [0, 0.1) is 0 Å². The van der Waals surface area contributed by atoms with Gasteiger partial charge in [-0.1, -0.05) is 83.2 Å². The third kappa shape index (κ3) is 10.2. The lowest BCUT2D eigenvalue weighted by Gasteiger charge is -2.42. The highest BCUT2D eigenvalue weighted by atomic mass is 35.5. The minimum atomic E-state index is -0.359. The molecule has 1 fully saturated rings. The van der Waals surface area contributed by atoms with E-state index < -0.39 is 0 Å². The van der Waals surface area contributed by atoms with Crippen molar-refractivity contribution in [1.82, 2.24) is 0 Å². The lowest BCUT2D eigenvalue weighted by atomic mass is 9.90. The topological polar surface area (TPSA) is 46.2 Å². The minimum absolute atomic E-state index is 0.0952. The van der Waals surface area contributed by atoms with Crippen molar-refractivity contribution in [2.45, 2.75) is 116 Å². The second-order valence-corrected chi connectivity index (χ2v) is 13.5. The first-order chi connectivity index (χ1) is 21.6. The van der Waals surface area contributed by atoms with Gasteiger partial charge in [0.15, 0.2) is 0 Å². The molecule has 1 aliphatic rings. The van der Waals surface area contributed by atoms with Crippen molar-refractivity contribution < 1.29 is 23.7 Å². The Labute approximate surface area is 274 Å². The van der Waals surface area contributed by atoms with E-state index in [0.717, 1.165) is 87.7 Å². The van der Waals surface area contributed by atoms with Crippen LogP contribution in [0.4, 0.5) is 0 Å². The molecule has 2 heterocycles. The molecule has 3 aromatic rings. The number of benzene rings is 2. The first-order valence-electron chi connectivity index (χ1n) is 17.0. The number of fused-ring (bicyclic) bond motifs is 1. The second kappa shape index (κ2) is 19.1. The van der Waals surface area contributed by atoms with Crippen LogP contribution in [0.15, 0.2) is 42.5 Å². The lowest BCUT2D eigenvalue weighted by molar-refractivity contribution is -0.213. The molecule has 1 saturated heterocycles. The van der Waals surface area contributed by atoms with Crippen LogP contribution in [0.3, 0.4) is 0 Å². The Hall–Kier alpha value is -1.67. The van der Waals surface area contributed by atoms with Gasteiger partial charge >= 0.3 is 0 Å². The van der Waals surface area contributed by atoms with Gasteiger partial charge in [0.2, 0.25) is 0 Å². The first-order valence-corrected chi connectivity index (χ1v) is 18.2. The molecule has 5 nitrogen and oxygen atoms in total. The monoisotopic (exact) mass is 644 g/mol. The lowest BCUT2D eigenvalue weighted by Crippen LogP contribution is -2.48. The predicted octanol–water partition coefficient (Wildman–Crippen LogP) is 10.3. The fraction of sp³-hybridized carbons (Fsp3) is 0.622. The molecule has 244 valence electrons. The summed E-state index contributed by atoms with van der Waals surface area (Å²) in [4.78, 5) is 1.28. The van der Waals surface area contributed by atoms with Crippen LogP contribution >= 0.6 is 22.9 Å². The molecule has 1 unspecified atom stereocenters. The summed E-state index contributed by atoms with van der Waals surface area (Å²) in [6.07, 6.45) is 9.04. The van der Waals surface area contributed by atoms with Gasteiger partial charge in [0, 0.05) is 52.8 Å². The van der Waals surface area contributed by atoms with Crippen LogP contribution in [-0.2, 0) is 25.4 Å². The van der Waals surface area contributed by atoms with Gasteiger partial charge in [0.25, 0.3) is 0 Å². The van der Waals surface area contributed by atoms with Gasteiger partial charge in [0.05, 0.1) is 25.4 Å². The molecule has 4 rings (SSSR count). The quantitative estimate of drug-likeness (QED) is 0.115. The molecular weight excluding hydrogens is 592 g/mol. The maximum absolute atomic E-state index is 6.99. The van der Waals surface area contributed by atoms with Crippen LogP contribution in [0.1, 0.15) is 108 Å². The molecule has 1 aromatic heterocycles. The molecule has 1 aliphatic heterocycles. The summed E-state index contributed by atoms with van der Waals surface area (Å²) in [6.45, 7) is 12.0. The molecule has 7 heteroatoms. The second-order valence-electron chi connectivity index (χ2n) is 11.9. The zero-order valence-corrected chi connectivity index (χ0v) is 28.9. The normalized spacial score (nSPS) is 20.4. The SMILES string of the molecule is CCCCOC[C@@H]1C[C@H](OCCCC)[C@@H](OCCCC)C(c2cc(Cc3cc4ccccc4s3)c(Cl)cc2OCCCC)O1. The molecule has 2 aromatic carbocycles. The molecule has 0 bridgehead atoms. The van der Waals surface area contributed by atoms with Crippen molar-refractivity contribution in [2.75, 3.05) is 33.0 Å². The van der Waals surface area contributed by atoms with Crippen molar-refractivity contribution in [3.63, 3.8) is 0 Å². The van der Waals surface area contributed by atoms with Gasteiger partial charge in [-0.15, -0.1) is 11.3 Å². The molecule has 0 spiro atoms. The van der Waals surface area contributed by atoms with E-state index in [2.05, 4.69) is 64.1 Å². The summed E-state index contributed by atoms with van der Waals surface area (Å²) in [5, 5.41) is 1.98. The van der Waals surface area contributed by atoms with E-state index in [1.807, 2.05) is 17.4 Å². The summed E-state index contributed by atoms with van der Waals surface area (Å²) in [5.41, 5.74) is 2.06. The van der Waals surface area contributed by atoms with Gasteiger partial charge in [-0.05, 0) is 60.9 Å². The fourth-order valence-corrected chi connectivity index (χ4v) is 6.90. The van der Waals surface area contributed by atoms with Gasteiger partial charge < -0.3 is 23.7 Å². The summed E-state index contributed by atoms with van der Waals surface area (Å²) < 4.78 is 34.0. The smallest absolute Gasteiger partial charge is 0.126 e. The van der Waals surface area contributed by atoms with Crippen molar-refractivity contribution >= 4 is 33.0 Å². The molecule has 44 heavy (non-hydrogen) atoms. The molecule has 0 saturated carbocycles.